The van der Waals surface area contributed by atoms with Crippen LogP contribution in [0.15, 0.2) is 224 Å². The minimum absolute atomic E-state index is 1.09. The van der Waals surface area contributed by atoms with Gasteiger partial charge in [-0.25, -0.2) is 0 Å². The number of anilines is 3. The molecule has 0 fully saturated rings. The summed E-state index contributed by atoms with van der Waals surface area (Å²) in [5, 5.41) is 7.54. The summed E-state index contributed by atoms with van der Waals surface area (Å²) in [6.45, 7) is 0. The molecule has 0 unspecified atom stereocenters. The third-order valence-corrected chi connectivity index (χ3v) is 10.9. The van der Waals surface area contributed by atoms with E-state index in [9.17, 15) is 0 Å². The Morgan fingerprint density at radius 2 is 0.727 bits per heavy atom. The van der Waals surface area contributed by atoms with Crippen LogP contribution in [0.2, 0.25) is 0 Å². The number of hydrogen-bond acceptors (Lipinski definition) is 1. The van der Waals surface area contributed by atoms with Crippen molar-refractivity contribution in [3.8, 4) is 44.5 Å². The van der Waals surface area contributed by atoms with E-state index in [0.717, 1.165) is 17.1 Å². The first kappa shape index (κ1) is 32.4. The highest BCUT2D eigenvalue weighted by atomic mass is 15.1. The molecule has 0 N–H and O–H groups in total. The number of benzene rings is 10. The van der Waals surface area contributed by atoms with Crippen LogP contribution in [0.3, 0.4) is 0 Å². The molecule has 10 rings (SSSR count). The molecule has 0 heterocycles. The van der Waals surface area contributed by atoms with E-state index in [1.54, 1.807) is 0 Å². The highest BCUT2D eigenvalue weighted by Gasteiger charge is 2.20. The van der Waals surface area contributed by atoms with Crippen molar-refractivity contribution in [1.29, 1.82) is 0 Å². The van der Waals surface area contributed by atoms with E-state index in [-0.39, 0.29) is 0 Å². The van der Waals surface area contributed by atoms with Gasteiger partial charge < -0.3 is 4.90 Å². The lowest BCUT2D eigenvalue weighted by atomic mass is 9.90. The molecule has 1 nitrogen and oxygen atoms in total. The fourth-order valence-electron chi connectivity index (χ4n) is 8.26. The maximum Gasteiger partial charge on any atom is 0.0540 e. The van der Waals surface area contributed by atoms with Crippen LogP contribution in [-0.4, -0.2) is 0 Å². The number of nitrogens with zero attached hydrogens (tertiary/aromatic N) is 1. The van der Waals surface area contributed by atoms with Crippen molar-refractivity contribution in [2.45, 2.75) is 0 Å². The topological polar surface area (TPSA) is 3.24 Å². The second-order valence-corrected chi connectivity index (χ2v) is 14.1. The number of rotatable bonds is 7. The van der Waals surface area contributed by atoms with Crippen LogP contribution in [0, 0.1) is 0 Å². The number of para-hydroxylation sites is 1. The molecule has 0 aliphatic heterocycles. The highest BCUT2D eigenvalue weighted by Crippen LogP contribution is 2.45. The summed E-state index contributed by atoms with van der Waals surface area (Å²) in [5.74, 6) is 0. The van der Waals surface area contributed by atoms with Gasteiger partial charge in [0.1, 0.15) is 0 Å². The maximum absolute atomic E-state index is 2.41. The Labute approximate surface area is 322 Å². The molecular weight excluding hydrogens is 663 g/mol. The molecule has 0 bridgehead atoms. The van der Waals surface area contributed by atoms with Crippen molar-refractivity contribution in [2.75, 3.05) is 4.90 Å². The second-order valence-electron chi connectivity index (χ2n) is 14.1. The van der Waals surface area contributed by atoms with Crippen molar-refractivity contribution < 1.29 is 0 Å². The fourth-order valence-corrected chi connectivity index (χ4v) is 8.26. The predicted octanol–water partition coefficient (Wildman–Crippen LogP) is 15.3. The summed E-state index contributed by atoms with van der Waals surface area (Å²) < 4.78 is 0. The Balaban J connectivity index is 1.16. The van der Waals surface area contributed by atoms with Crippen molar-refractivity contribution in [2.24, 2.45) is 0 Å². The van der Waals surface area contributed by atoms with Gasteiger partial charge in [-0.1, -0.05) is 188 Å². The van der Waals surface area contributed by atoms with Crippen LogP contribution in [-0.2, 0) is 0 Å². The molecule has 10 aromatic rings. The Hall–Kier alpha value is -7.22. The van der Waals surface area contributed by atoms with E-state index in [1.165, 1.54) is 76.8 Å². The zero-order valence-corrected chi connectivity index (χ0v) is 30.3. The van der Waals surface area contributed by atoms with E-state index >= 15 is 0 Å². The monoisotopic (exact) mass is 699 g/mol. The molecule has 55 heavy (non-hydrogen) atoms. The summed E-state index contributed by atoms with van der Waals surface area (Å²) in [6.07, 6.45) is 0. The summed E-state index contributed by atoms with van der Waals surface area (Å²) in [7, 11) is 0. The number of hydrogen-bond donors (Lipinski definition) is 0. The van der Waals surface area contributed by atoms with Crippen molar-refractivity contribution in [1.82, 2.24) is 0 Å². The SMILES string of the molecule is c1ccc(-c2ccc(N(c3ccc(-c4cc5ccccc5c5ccccc45)cc3)c3ccccc3-c3cccc4cccc(-c5ccccc5)c34)cc2)cc1. The summed E-state index contributed by atoms with van der Waals surface area (Å²) in [5.41, 5.74) is 13.0. The summed E-state index contributed by atoms with van der Waals surface area (Å²) in [4.78, 5) is 2.41. The van der Waals surface area contributed by atoms with Gasteiger partial charge in [0.25, 0.3) is 0 Å². The third kappa shape index (κ3) is 5.93. The Morgan fingerprint density at radius 3 is 1.44 bits per heavy atom. The molecule has 258 valence electrons. The Bertz CT molecular complexity index is 2940. The molecule has 0 saturated heterocycles. The van der Waals surface area contributed by atoms with Gasteiger partial charge in [0.2, 0.25) is 0 Å². The first-order valence-corrected chi connectivity index (χ1v) is 18.9. The molecular formula is C54H37N. The Morgan fingerprint density at radius 1 is 0.255 bits per heavy atom. The molecule has 0 amide bonds. The fraction of sp³-hybridized carbons (Fsp3) is 0. The minimum Gasteiger partial charge on any atom is -0.310 e. The molecule has 0 saturated carbocycles. The first-order valence-electron chi connectivity index (χ1n) is 18.9. The quantitative estimate of drug-likeness (QED) is 0.150. The lowest BCUT2D eigenvalue weighted by molar-refractivity contribution is 1.28. The average Bonchev–Trinajstić information content (AvgIpc) is 3.27. The van der Waals surface area contributed by atoms with Crippen LogP contribution in [0.1, 0.15) is 0 Å². The van der Waals surface area contributed by atoms with Gasteiger partial charge in [-0.15, -0.1) is 0 Å². The van der Waals surface area contributed by atoms with Gasteiger partial charge >= 0.3 is 0 Å². The van der Waals surface area contributed by atoms with Gasteiger partial charge in [0.15, 0.2) is 0 Å². The van der Waals surface area contributed by atoms with E-state index < -0.39 is 0 Å². The van der Waals surface area contributed by atoms with Gasteiger partial charge in [0, 0.05) is 16.9 Å². The standard InChI is InChI=1S/C54H37N/c1-3-15-38(16-4-1)39-29-33-44(34-30-39)55(45-35-31-41(32-36-45)52-37-43-19-7-8-22-46(43)48-23-9-10-24-49(48)52)53-28-12-11-25-50(53)51-27-14-21-42-20-13-26-47(54(42)51)40-17-5-2-6-18-40/h1-37H. The van der Waals surface area contributed by atoms with E-state index in [4.69, 9.17) is 0 Å². The van der Waals surface area contributed by atoms with Crippen LogP contribution >= 0.6 is 0 Å². The lowest BCUT2D eigenvalue weighted by Gasteiger charge is -2.29. The van der Waals surface area contributed by atoms with Crippen LogP contribution in [0.25, 0.3) is 76.8 Å². The molecule has 0 aliphatic carbocycles. The van der Waals surface area contributed by atoms with Crippen molar-refractivity contribution in [3.05, 3.63) is 224 Å². The number of fused-ring (bicyclic) bond motifs is 4. The minimum atomic E-state index is 1.09. The lowest BCUT2D eigenvalue weighted by Crippen LogP contribution is -2.11. The van der Waals surface area contributed by atoms with Crippen LogP contribution < -0.4 is 4.90 Å². The third-order valence-electron chi connectivity index (χ3n) is 10.9. The second kappa shape index (κ2) is 14.0. The zero-order chi connectivity index (χ0) is 36.6. The van der Waals surface area contributed by atoms with Crippen LogP contribution in [0.5, 0.6) is 0 Å². The van der Waals surface area contributed by atoms with E-state index in [2.05, 4.69) is 229 Å². The summed E-state index contributed by atoms with van der Waals surface area (Å²) >= 11 is 0. The smallest absolute Gasteiger partial charge is 0.0540 e. The molecule has 1 heteroatoms. The van der Waals surface area contributed by atoms with E-state index in [0.29, 0.717) is 0 Å². The molecule has 0 aliphatic rings. The highest BCUT2D eigenvalue weighted by molar-refractivity contribution is 6.14. The van der Waals surface area contributed by atoms with Crippen LogP contribution in [0.4, 0.5) is 17.1 Å². The molecule has 0 aromatic heterocycles. The van der Waals surface area contributed by atoms with Gasteiger partial charge in [-0.05, 0) is 108 Å². The predicted molar refractivity (Wildman–Crippen MR) is 235 cm³/mol. The summed E-state index contributed by atoms with van der Waals surface area (Å²) in [6, 6.07) is 81.4. The Kier molecular flexibility index (Phi) is 8.24. The molecule has 0 radical (unpaired) electrons. The van der Waals surface area contributed by atoms with Gasteiger partial charge in [0.05, 0.1) is 5.69 Å². The molecule has 0 spiro atoms. The average molecular weight is 700 g/mol. The maximum atomic E-state index is 2.41. The zero-order valence-electron chi connectivity index (χ0n) is 30.3. The van der Waals surface area contributed by atoms with Gasteiger partial charge in [-0.2, -0.15) is 0 Å². The first-order chi connectivity index (χ1) is 27.3. The molecule has 10 aromatic carbocycles. The van der Waals surface area contributed by atoms with E-state index in [1.807, 2.05) is 0 Å². The van der Waals surface area contributed by atoms with Crippen molar-refractivity contribution >= 4 is 49.4 Å². The van der Waals surface area contributed by atoms with Gasteiger partial charge in [-0.3, -0.25) is 0 Å². The molecule has 0 atom stereocenters. The van der Waals surface area contributed by atoms with Crippen molar-refractivity contribution in [3.63, 3.8) is 0 Å². The largest absolute Gasteiger partial charge is 0.310 e. The normalized spacial score (nSPS) is 11.3.